The summed E-state index contributed by atoms with van der Waals surface area (Å²) in [5, 5.41) is 2.93. The fourth-order valence-electron chi connectivity index (χ4n) is 4.46. The maximum absolute atomic E-state index is 13.3. The summed E-state index contributed by atoms with van der Waals surface area (Å²) in [7, 11) is 1.57. The highest BCUT2D eigenvalue weighted by Gasteiger charge is 2.47. The highest BCUT2D eigenvalue weighted by Crippen LogP contribution is 2.35. The van der Waals surface area contributed by atoms with E-state index in [9.17, 15) is 19.2 Å². The van der Waals surface area contributed by atoms with E-state index in [0.717, 1.165) is 12.0 Å². The number of hydrogen-bond donors (Lipinski definition) is 1. The molecule has 1 aromatic rings. The summed E-state index contributed by atoms with van der Waals surface area (Å²) in [6, 6.07) is 6.61. The first kappa shape index (κ1) is 25.5. The van der Waals surface area contributed by atoms with Crippen LogP contribution in [0, 0.1) is 11.8 Å². The molecule has 2 aliphatic rings. The van der Waals surface area contributed by atoms with Crippen LogP contribution in [0.5, 0.6) is 5.75 Å². The first-order chi connectivity index (χ1) is 16.3. The normalized spacial score (nSPS) is 21.1. The Balaban J connectivity index is 1.73. The van der Waals surface area contributed by atoms with Crippen LogP contribution in [-0.2, 0) is 25.7 Å². The predicted molar refractivity (Wildman–Crippen MR) is 128 cm³/mol. The standard InChI is InChI=1S/C26H35N3O5/c1-5-17(2)27-24(31)18(3)29(16-19-9-8-10-20(15-19)34-4)23(30)13-14-28-25(32)21-11-6-7-12-22(21)26(28)33/h6-10,15,17-18,21-22H,5,11-14,16H2,1-4H3,(H,27,31)/t17-,18-,21-,22+/m1/s1. The number of methoxy groups -OCH3 is 1. The number of imide groups is 1. The topological polar surface area (TPSA) is 96.0 Å². The third kappa shape index (κ3) is 5.66. The number of hydrogen-bond acceptors (Lipinski definition) is 5. The van der Waals surface area contributed by atoms with Crippen LogP contribution >= 0.6 is 0 Å². The van der Waals surface area contributed by atoms with Crippen molar-refractivity contribution in [2.75, 3.05) is 13.7 Å². The SMILES string of the molecule is CC[C@@H](C)NC(=O)[C@@H](C)N(Cc1cccc(OC)c1)C(=O)CCN1C(=O)[C@H]2CC=CC[C@H]2C1=O. The van der Waals surface area contributed by atoms with Crippen LogP contribution < -0.4 is 10.1 Å². The predicted octanol–water partition coefficient (Wildman–Crippen LogP) is 2.67. The van der Waals surface area contributed by atoms with Gasteiger partial charge in [0.1, 0.15) is 11.8 Å². The van der Waals surface area contributed by atoms with Gasteiger partial charge in [0, 0.05) is 25.6 Å². The second kappa shape index (κ2) is 11.3. The lowest BCUT2D eigenvalue weighted by Crippen LogP contribution is -2.50. The molecule has 0 aromatic heterocycles. The number of ether oxygens (including phenoxy) is 1. The average molecular weight is 470 g/mol. The number of nitrogens with one attached hydrogen (secondary N) is 1. The molecule has 4 atom stereocenters. The lowest BCUT2D eigenvalue weighted by Gasteiger charge is -2.30. The molecule has 1 heterocycles. The molecule has 1 aliphatic heterocycles. The summed E-state index contributed by atoms with van der Waals surface area (Å²) in [4.78, 5) is 54.4. The van der Waals surface area contributed by atoms with Gasteiger partial charge in [-0.2, -0.15) is 0 Å². The van der Waals surface area contributed by atoms with Crippen LogP contribution in [0.4, 0.5) is 0 Å². The van der Waals surface area contributed by atoms with Gasteiger partial charge in [0.25, 0.3) is 0 Å². The van der Waals surface area contributed by atoms with E-state index in [-0.39, 0.29) is 61.0 Å². The molecule has 3 rings (SSSR count). The second-order valence-electron chi connectivity index (χ2n) is 9.10. The van der Waals surface area contributed by atoms with Crippen molar-refractivity contribution in [3.8, 4) is 5.75 Å². The Bertz CT molecular complexity index is 934. The van der Waals surface area contributed by atoms with Crippen molar-refractivity contribution in [3.63, 3.8) is 0 Å². The van der Waals surface area contributed by atoms with Crippen molar-refractivity contribution in [3.05, 3.63) is 42.0 Å². The smallest absolute Gasteiger partial charge is 0.242 e. The third-order valence-corrected chi connectivity index (χ3v) is 6.80. The minimum Gasteiger partial charge on any atom is -0.497 e. The van der Waals surface area contributed by atoms with E-state index in [1.165, 1.54) is 9.80 Å². The zero-order chi connectivity index (χ0) is 24.8. The molecule has 1 aromatic carbocycles. The minimum atomic E-state index is -0.718. The summed E-state index contributed by atoms with van der Waals surface area (Å²) >= 11 is 0. The molecule has 0 radical (unpaired) electrons. The summed E-state index contributed by atoms with van der Waals surface area (Å²) in [6.45, 7) is 5.83. The Morgan fingerprint density at radius 1 is 1.15 bits per heavy atom. The molecule has 0 spiro atoms. The lowest BCUT2D eigenvalue weighted by atomic mass is 9.85. The Labute approximate surface area is 201 Å². The number of allylic oxidation sites excluding steroid dienone is 2. The largest absolute Gasteiger partial charge is 0.497 e. The molecule has 8 heteroatoms. The summed E-state index contributed by atoms with van der Waals surface area (Å²) in [5.74, 6) is -0.908. The maximum atomic E-state index is 13.3. The number of carbonyl (C=O) groups is 4. The Kier molecular flexibility index (Phi) is 8.47. The Morgan fingerprint density at radius 2 is 1.79 bits per heavy atom. The van der Waals surface area contributed by atoms with Crippen LogP contribution in [-0.4, -0.2) is 59.2 Å². The molecule has 0 unspecified atom stereocenters. The van der Waals surface area contributed by atoms with E-state index in [2.05, 4.69) is 5.32 Å². The van der Waals surface area contributed by atoms with E-state index in [1.54, 1.807) is 14.0 Å². The number of benzene rings is 1. The van der Waals surface area contributed by atoms with E-state index < -0.39 is 6.04 Å². The molecule has 34 heavy (non-hydrogen) atoms. The van der Waals surface area contributed by atoms with E-state index in [0.29, 0.717) is 18.6 Å². The van der Waals surface area contributed by atoms with E-state index in [1.807, 2.05) is 50.3 Å². The fourth-order valence-corrected chi connectivity index (χ4v) is 4.46. The van der Waals surface area contributed by atoms with Crippen LogP contribution in [0.3, 0.4) is 0 Å². The van der Waals surface area contributed by atoms with Gasteiger partial charge in [-0.1, -0.05) is 31.2 Å². The van der Waals surface area contributed by atoms with E-state index >= 15 is 0 Å². The number of nitrogens with zero attached hydrogens (tertiary/aromatic N) is 2. The average Bonchev–Trinajstić information content (AvgIpc) is 3.10. The molecule has 8 nitrogen and oxygen atoms in total. The third-order valence-electron chi connectivity index (χ3n) is 6.80. The second-order valence-corrected chi connectivity index (χ2v) is 9.10. The maximum Gasteiger partial charge on any atom is 0.242 e. The molecule has 1 N–H and O–H groups in total. The molecular weight excluding hydrogens is 434 g/mol. The molecule has 1 aliphatic carbocycles. The highest BCUT2D eigenvalue weighted by atomic mass is 16.5. The first-order valence-electron chi connectivity index (χ1n) is 12.0. The van der Waals surface area contributed by atoms with Gasteiger partial charge in [0.2, 0.25) is 23.6 Å². The molecule has 1 saturated heterocycles. The van der Waals surface area contributed by atoms with Gasteiger partial charge >= 0.3 is 0 Å². The van der Waals surface area contributed by atoms with Crippen molar-refractivity contribution in [2.24, 2.45) is 11.8 Å². The van der Waals surface area contributed by atoms with Gasteiger partial charge in [0.05, 0.1) is 18.9 Å². The molecule has 0 saturated carbocycles. The van der Waals surface area contributed by atoms with Gasteiger partial charge in [-0.25, -0.2) is 0 Å². The monoisotopic (exact) mass is 469 g/mol. The van der Waals surface area contributed by atoms with Gasteiger partial charge in [-0.05, 0) is 50.8 Å². The quantitative estimate of drug-likeness (QED) is 0.420. The molecular formula is C26H35N3O5. The van der Waals surface area contributed by atoms with Crippen LogP contribution in [0.2, 0.25) is 0 Å². The molecule has 1 fully saturated rings. The highest BCUT2D eigenvalue weighted by molar-refractivity contribution is 6.05. The van der Waals surface area contributed by atoms with Crippen molar-refractivity contribution < 1.29 is 23.9 Å². The number of amides is 4. The van der Waals surface area contributed by atoms with E-state index in [4.69, 9.17) is 4.74 Å². The molecule has 184 valence electrons. The molecule has 0 bridgehead atoms. The van der Waals surface area contributed by atoms with Gasteiger partial charge < -0.3 is 15.0 Å². The summed E-state index contributed by atoms with van der Waals surface area (Å²) in [5.41, 5.74) is 0.821. The minimum absolute atomic E-state index is 0.0134. The Hall–Kier alpha value is -3.16. The zero-order valence-electron chi connectivity index (χ0n) is 20.5. The van der Waals surface area contributed by atoms with Crippen molar-refractivity contribution in [1.29, 1.82) is 0 Å². The van der Waals surface area contributed by atoms with Gasteiger partial charge in [-0.15, -0.1) is 0 Å². The first-order valence-corrected chi connectivity index (χ1v) is 12.0. The lowest BCUT2D eigenvalue weighted by molar-refractivity contribution is -0.143. The van der Waals surface area contributed by atoms with Gasteiger partial charge in [0.15, 0.2) is 0 Å². The zero-order valence-corrected chi connectivity index (χ0v) is 20.5. The fraction of sp³-hybridized carbons (Fsp3) is 0.538. The van der Waals surface area contributed by atoms with Crippen molar-refractivity contribution in [2.45, 2.75) is 65.1 Å². The van der Waals surface area contributed by atoms with Crippen molar-refractivity contribution >= 4 is 23.6 Å². The summed E-state index contributed by atoms with van der Waals surface area (Å²) < 4.78 is 5.29. The van der Waals surface area contributed by atoms with Crippen molar-refractivity contribution in [1.82, 2.24) is 15.1 Å². The van der Waals surface area contributed by atoms with Crippen LogP contribution in [0.1, 0.15) is 52.0 Å². The Morgan fingerprint density at radius 3 is 2.38 bits per heavy atom. The van der Waals surface area contributed by atoms with Crippen LogP contribution in [0.15, 0.2) is 36.4 Å². The van der Waals surface area contributed by atoms with Gasteiger partial charge in [-0.3, -0.25) is 24.1 Å². The number of carbonyl (C=O) groups excluding carboxylic acids is 4. The number of likely N-dealkylation sites (tertiary alicyclic amines) is 1. The number of rotatable bonds is 10. The number of fused-ring (bicyclic) bond motifs is 1. The molecule has 4 amide bonds. The van der Waals surface area contributed by atoms with Crippen LogP contribution in [0.25, 0.3) is 0 Å². The summed E-state index contributed by atoms with van der Waals surface area (Å²) in [6.07, 6.45) is 5.75.